The summed E-state index contributed by atoms with van der Waals surface area (Å²) in [5, 5.41) is 6.91. The van der Waals surface area contributed by atoms with Gasteiger partial charge in [-0.25, -0.2) is 9.78 Å². The average Bonchev–Trinajstić information content (AvgIpc) is 3.95. The monoisotopic (exact) mass is 696 g/mol. The first-order valence-electron chi connectivity index (χ1n) is 17.9. The smallest absolute Gasteiger partial charge is 0.410 e. The Morgan fingerprint density at radius 1 is 1.00 bits per heavy atom. The van der Waals surface area contributed by atoms with Crippen molar-refractivity contribution in [3.63, 3.8) is 0 Å². The third-order valence-corrected chi connectivity index (χ3v) is 10.8. The Balaban J connectivity index is 0.965. The second kappa shape index (κ2) is 11.6. The van der Waals surface area contributed by atoms with E-state index < -0.39 is 17.3 Å². The molecule has 4 aliphatic heterocycles. The number of carbonyl (C=O) groups is 1. The van der Waals surface area contributed by atoms with Gasteiger partial charge in [-0.15, -0.1) is 0 Å². The van der Waals surface area contributed by atoms with Crippen molar-refractivity contribution >= 4 is 23.0 Å². The van der Waals surface area contributed by atoms with Gasteiger partial charge in [0, 0.05) is 24.1 Å². The largest absolute Gasteiger partial charge is 0.444 e. The summed E-state index contributed by atoms with van der Waals surface area (Å²) < 4.78 is 50.1. The number of benzene rings is 3. The van der Waals surface area contributed by atoms with E-state index in [1.165, 1.54) is 0 Å². The summed E-state index contributed by atoms with van der Waals surface area (Å²) in [5.74, 6) is -2.27. The van der Waals surface area contributed by atoms with Gasteiger partial charge in [-0.05, 0) is 92.6 Å². The molecule has 1 aromatic heterocycles. The molecule has 4 atom stereocenters. The SMILES string of the molecule is CC1NC(C2CCCN2C(=O)OC(C)(C)C)=NC1c1ccc2c(c1)C(F)(F)c1cc(-c3ccc4nc([C@@H]5CC6(CN5)OCCO6)[nH]c4c3)ccc1-2. The molecule has 4 aromatic rings. The molecule has 0 bridgehead atoms. The highest BCUT2D eigenvalue weighted by Crippen LogP contribution is 2.53. The van der Waals surface area contributed by atoms with E-state index in [-0.39, 0.29) is 41.4 Å². The third-order valence-electron chi connectivity index (χ3n) is 10.8. The van der Waals surface area contributed by atoms with Crippen LogP contribution >= 0.6 is 0 Å². The number of halogens is 2. The molecular weight excluding hydrogens is 654 g/mol. The lowest BCUT2D eigenvalue weighted by Crippen LogP contribution is -2.47. The highest BCUT2D eigenvalue weighted by molar-refractivity contribution is 5.93. The van der Waals surface area contributed by atoms with Crippen molar-refractivity contribution in [2.24, 2.45) is 4.99 Å². The van der Waals surface area contributed by atoms with Gasteiger partial charge in [-0.1, -0.05) is 30.3 Å². The van der Waals surface area contributed by atoms with Gasteiger partial charge >= 0.3 is 6.09 Å². The molecular formula is C39H42F2N6O4. The van der Waals surface area contributed by atoms with Gasteiger partial charge in [0.2, 0.25) is 0 Å². The highest BCUT2D eigenvalue weighted by Gasteiger charge is 2.47. The molecule has 0 saturated carbocycles. The van der Waals surface area contributed by atoms with E-state index >= 15 is 8.78 Å². The molecule has 3 unspecified atom stereocenters. The number of amides is 1. The first-order chi connectivity index (χ1) is 24.4. The summed E-state index contributed by atoms with van der Waals surface area (Å²) in [5.41, 5.74) is 4.35. The highest BCUT2D eigenvalue weighted by atomic mass is 19.3. The number of carbonyl (C=O) groups excluding carboxylic acids is 1. The second-order valence-corrected chi connectivity index (χ2v) is 15.5. The summed E-state index contributed by atoms with van der Waals surface area (Å²) >= 11 is 0. The number of ether oxygens (including phenoxy) is 3. The zero-order chi connectivity index (χ0) is 35.3. The number of imidazole rings is 1. The molecule has 9 rings (SSSR count). The van der Waals surface area contributed by atoms with Gasteiger partial charge in [0.15, 0.2) is 5.79 Å². The number of aromatic amines is 1. The lowest BCUT2D eigenvalue weighted by atomic mass is 9.96. The minimum absolute atomic E-state index is 0.00434. The predicted octanol–water partition coefficient (Wildman–Crippen LogP) is 6.96. The van der Waals surface area contributed by atoms with Crippen LogP contribution in [0.1, 0.15) is 81.6 Å². The number of hydrogen-bond acceptors (Lipinski definition) is 8. The van der Waals surface area contributed by atoms with Crippen molar-refractivity contribution in [2.75, 3.05) is 26.3 Å². The lowest BCUT2D eigenvalue weighted by molar-refractivity contribution is -0.141. The van der Waals surface area contributed by atoms with Gasteiger partial charge < -0.3 is 29.8 Å². The van der Waals surface area contributed by atoms with Crippen LogP contribution in [-0.4, -0.2) is 76.6 Å². The fraction of sp³-hybridized carbons (Fsp3) is 0.462. The Bertz CT molecular complexity index is 2080. The third kappa shape index (κ3) is 5.50. The van der Waals surface area contributed by atoms with Crippen LogP contribution in [0.25, 0.3) is 33.3 Å². The van der Waals surface area contributed by atoms with Gasteiger partial charge in [0.05, 0.1) is 55.0 Å². The molecule has 1 amide bonds. The Morgan fingerprint density at radius 3 is 2.51 bits per heavy atom. The first-order valence-corrected chi connectivity index (χ1v) is 17.9. The summed E-state index contributed by atoms with van der Waals surface area (Å²) in [6.07, 6.45) is 1.91. The van der Waals surface area contributed by atoms with Crippen molar-refractivity contribution in [1.29, 1.82) is 0 Å². The predicted molar refractivity (Wildman–Crippen MR) is 189 cm³/mol. The quantitative estimate of drug-likeness (QED) is 0.212. The molecule has 3 N–H and O–H groups in total. The summed E-state index contributed by atoms with van der Waals surface area (Å²) in [6, 6.07) is 15.7. The van der Waals surface area contributed by atoms with Crippen LogP contribution in [0.4, 0.5) is 13.6 Å². The molecule has 3 fully saturated rings. The lowest BCUT2D eigenvalue weighted by Gasteiger charge is -2.28. The van der Waals surface area contributed by atoms with Crippen LogP contribution < -0.4 is 10.6 Å². The Kier molecular flexibility index (Phi) is 7.37. The fourth-order valence-electron chi connectivity index (χ4n) is 8.37. The molecule has 1 aliphatic carbocycles. The number of nitrogens with one attached hydrogen (secondary N) is 3. The van der Waals surface area contributed by atoms with Crippen molar-refractivity contribution in [2.45, 2.75) is 88.4 Å². The van der Waals surface area contributed by atoms with Crippen LogP contribution in [0.15, 0.2) is 59.6 Å². The van der Waals surface area contributed by atoms with Gasteiger partial charge in [0.25, 0.3) is 5.92 Å². The number of rotatable bonds is 4. The number of fused-ring (bicyclic) bond motifs is 4. The zero-order valence-corrected chi connectivity index (χ0v) is 29.2. The zero-order valence-electron chi connectivity index (χ0n) is 29.2. The number of likely N-dealkylation sites (tertiary alicyclic amines) is 1. The first kappa shape index (κ1) is 32.5. The van der Waals surface area contributed by atoms with Crippen LogP contribution in [0.3, 0.4) is 0 Å². The van der Waals surface area contributed by atoms with Crippen molar-refractivity contribution in [3.8, 4) is 22.3 Å². The maximum atomic E-state index is 16.4. The Labute approximate surface area is 295 Å². The van der Waals surface area contributed by atoms with Crippen molar-refractivity contribution < 1.29 is 27.8 Å². The summed E-state index contributed by atoms with van der Waals surface area (Å²) in [4.78, 5) is 27.9. The molecule has 12 heteroatoms. The fourth-order valence-corrected chi connectivity index (χ4v) is 8.37. The molecule has 51 heavy (non-hydrogen) atoms. The maximum Gasteiger partial charge on any atom is 0.410 e. The number of H-pyrrole nitrogens is 1. The minimum atomic E-state index is -3.18. The molecule has 0 radical (unpaired) electrons. The van der Waals surface area contributed by atoms with Crippen LogP contribution in [-0.2, 0) is 20.1 Å². The molecule has 3 saturated heterocycles. The Hall–Kier alpha value is -4.39. The number of hydrogen-bond donors (Lipinski definition) is 3. The van der Waals surface area contributed by atoms with E-state index in [9.17, 15) is 4.79 Å². The molecule has 1 spiro atoms. The minimum Gasteiger partial charge on any atom is -0.444 e. The second-order valence-electron chi connectivity index (χ2n) is 15.5. The van der Waals surface area contributed by atoms with E-state index in [1.54, 1.807) is 29.2 Å². The number of aromatic nitrogens is 2. The molecule has 5 aliphatic rings. The number of nitrogens with zero attached hydrogens (tertiary/aromatic N) is 3. The van der Waals surface area contributed by atoms with E-state index in [1.807, 2.05) is 58.0 Å². The maximum absolute atomic E-state index is 16.4. The van der Waals surface area contributed by atoms with E-state index in [0.717, 1.165) is 35.3 Å². The molecule has 266 valence electrons. The normalized spacial score (nSPS) is 26.1. The standard InChI is InChI=1S/C39H42F2N6O4/c1-21-33(46-35(43-21)32-6-5-13-47(32)36(48)51-37(2,3)4)24-8-11-26-25-10-7-22(16-27(25)39(40,41)28(26)17-24)23-9-12-29-30(18-23)45-34(44-29)31-19-38(20-42-31)49-14-15-50-38/h7-12,16-18,21,31-33,42H,5-6,13-15,19-20H2,1-4H3,(H,43,46)(H,44,45)/t21?,31-,32?,33?/m0/s1. The van der Waals surface area contributed by atoms with Crippen molar-refractivity contribution in [3.05, 3.63) is 77.1 Å². The van der Waals surface area contributed by atoms with Crippen LogP contribution in [0, 0.1) is 0 Å². The number of amidine groups is 1. The van der Waals surface area contributed by atoms with Gasteiger partial charge in [-0.2, -0.15) is 8.78 Å². The molecule has 5 heterocycles. The van der Waals surface area contributed by atoms with Crippen LogP contribution in [0.5, 0.6) is 0 Å². The molecule has 3 aromatic carbocycles. The number of alkyl halides is 2. The van der Waals surface area contributed by atoms with E-state index in [2.05, 4.69) is 15.6 Å². The molecule has 10 nitrogen and oxygen atoms in total. The van der Waals surface area contributed by atoms with Crippen molar-refractivity contribution in [1.82, 2.24) is 25.5 Å². The summed E-state index contributed by atoms with van der Waals surface area (Å²) in [7, 11) is 0. The van der Waals surface area contributed by atoms with Gasteiger partial charge in [0.1, 0.15) is 17.3 Å². The average molecular weight is 697 g/mol. The van der Waals surface area contributed by atoms with E-state index in [0.29, 0.717) is 60.8 Å². The summed E-state index contributed by atoms with van der Waals surface area (Å²) in [6.45, 7) is 9.93. The van der Waals surface area contributed by atoms with Gasteiger partial charge in [-0.3, -0.25) is 9.89 Å². The Morgan fingerprint density at radius 2 is 1.73 bits per heavy atom. The number of aliphatic imine (C=N–C) groups is 1. The van der Waals surface area contributed by atoms with Crippen LogP contribution in [0.2, 0.25) is 0 Å². The topological polar surface area (TPSA) is 113 Å². The van der Waals surface area contributed by atoms with E-state index in [4.69, 9.17) is 24.2 Å².